The zero-order chi connectivity index (χ0) is 26.2. The maximum atomic E-state index is 12.9. The summed E-state index contributed by atoms with van der Waals surface area (Å²) in [6, 6.07) is 12.9. The van der Waals surface area contributed by atoms with Gasteiger partial charge in [-0.15, -0.1) is 16.8 Å². The van der Waals surface area contributed by atoms with Crippen LogP contribution in [0, 0.1) is 12.8 Å². The Hall–Kier alpha value is -3.92. The number of nitrogens with one attached hydrogen (secondary N) is 2. The van der Waals surface area contributed by atoms with Crippen LogP contribution < -0.4 is 10.6 Å². The normalized spacial score (nSPS) is 11.7. The molecule has 0 aliphatic carbocycles. The third-order valence-electron chi connectivity index (χ3n) is 5.32. The number of hydrogen-bond donors (Lipinski definition) is 3. The topological polar surface area (TPSA) is 126 Å². The number of thioether (sulfide) groups is 1. The molecule has 0 radical (unpaired) electrons. The smallest absolute Gasteiger partial charge is 0.335 e. The summed E-state index contributed by atoms with van der Waals surface area (Å²) in [4.78, 5) is 36.4. The van der Waals surface area contributed by atoms with E-state index in [1.165, 1.54) is 36.0 Å². The van der Waals surface area contributed by atoms with Crippen LogP contribution in [0.1, 0.15) is 52.0 Å². The molecule has 1 atom stereocenters. The van der Waals surface area contributed by atoms with Gasteiger partial charge in [0.25, 0.3) is 5.91 Å². The van der Waals surface area contributed by atoms with Crippen molar-refractivity contribution in [1.82, 2.24) is 20.1 Å². The van der Waals surface area contributed by atoms with Crippen LogP contribution in [0.15, 0.2) is 66.3 Å². The number of anilines is 1. The maximum Gasteiger partial charge on any atom is 0.335 e. The molecular weight excluding hydrogens is 478 g/mol. The number of carbonyl (C=O) groups excluding carboxylic acids is 2. The first-order chi connectivity index (χ1) is 17.2. The zero-order valence-corrected chi connectivity index (χ0v) is 21.2. The van der Waals surface area contributed by atoms with Crippen LogP contribution in [-0.4, -0.2) is 43.4 Å². The number of nitrogens with zero attached hydrogens (tertiary/aromatic N) is 3. The van der Waals surface area contributed by atoms with Crippen molar-refractivity contribution < 1.29 is 19.5 Å². The second-order valence-corrected chi connectivity index (χ2v) is 9.47. The number of aromatic nitrogens is 3. The summed E-state index contributed by atoms with van der Waals surface area (Å²) in [5.74, 6) is -0.827. The van der Waals surface area contributed by atoms with Gasteiger partial charge < -0.3 is 20.3 Å². The molecule has 10 heteroatoms. The maximum absolute atomic E-state index is 12.9. The lowest BCUT2D eigenvalue weighted by atomic mass is 10.0. The highest BCUT2D eigenvalue weighted by atomic mass is 32.2. The van der Waals surface area contributed by atoms with Gasteiger partial charge >= 0.3 is 5.97 Å². The molecule has 0 bridgehead atoms. The Morgan fingerprint density at radius 1 is 1.11 bits per heavy atom. The van der Waals surface area contributed by atoms with Crippen molar-refractivity contribution in [3.63, 3.8) is 0 Å². The molecule has 3 aromatic rings. The molecular formula is C26H29N5O4S. The Bertz CT molecular complexity index is 1250. The predicted molar refractivity (Wildman–Crippen MR) is 139 cm³/mol. The molecule has 0 saturated heterocycles. The predicted octanol–water partition coefficient (Wildman–Crippen LogP) is 4.33. The Balaban J connectivity index is 1.72. The summed E-state index contributed by atoms with van der Waals surface area (Å²) >= 11 is 1.21. The molecule has 0 aliphatic rings. The number of benzene rings is 2. The molecule has 0 spiro atoms. The van der Waals surface area contributed by atoms with Crippen LogP contribution in [0.25, 0.3) is 0 Å². The van der Waals surface area contributed by atoms with E-state index in [4.69, 9.17) is 5.11 Å². The molecule has 9 nitrogen and oxygen atoms in total. The van der Waals surface area contributed by atoms with Gasteiger partial charge in [0.2, 0.25) is 5.91 Å². The summed E-state index contributed by atoms with van der Waals surface area (Å²) in [7, 11) is 0. The van der Waals surface area contributed by atoms with Gasteiger partial charge in [0.15, 0.2) is 11.0 Å². The molecule has 0 saturated carbocycles. The molecule has 2 amide bonds. The zero-order valence-electron chi connectivity index (χ0n) is 20.4. The van der Waals surface area contributed by atoms with E-state index in [-0.39, 0.29) is 29.0 Å². The second kappa shape index (κ2) is 12.2. The van der Waals surface area contributed by atoms with E-state index in [0.717, 1.165) is 5.56 Å². The van der Waals surface area contributed by atoms with Crippen LogP contribution >= 0.6 is 11.8 Å². The SMILES string of the molecule is C=CCn1c(SCC(=O)Nc2ccc(C(=O)O)cc2)nnc1[C@H](NC(=O)c1cccc(C)c1)C(C)C. The quantitative estimate of drug-likeness (QED) is 0.260. The summed E-state index contributed by atoms with van der Waals surface area (Å²) in [6.45, 7) is 10.1. The van der Waals surface area contributed by atoms with Gasteiger partial charge in [-0.3, -0.25) is 9.59 Å². The monoisotopic (exact) mass is 507 g/mol. The lowest BCUT2D eigenvalue weighted by Gasteiger charge is -2.22. The van der Waals surface area contributed by atoms with E-state index in [1.807, 2.05) is 43.5 Å². The van der Waals surface area contributed by atoms with Crippen molar-refractivity contribution in [1.29, 1.82) is 0 Å². The minimum absolute atomic E-state index is 0.0291. The summed E-state index contributed by atoms with van der Waals surface area (Å²) in [5.41, 5.74) is 2.20. The summed E-state index contributed by atoms with van der Waals surface area (Å²) in [6.07, 6.45) is 1.71. The van der Waals surface area contributed by atoms with E-state index in [1.54, 1.807) is 12.1 Å². The number of carboxylic acid groups (broad SMARTS) is 1. The lowest BCUT2D eigenvalue weighted by Crippen LogP contribution is -2.34. The average Bonchev–Trinajstić information content (AvgIpc) is 3.23. The van der Waals surface area contributed by atoms with Crippen LogP contribution in [0.2, 0.25) is 0 Å². The van der Waals surface area contributed by atoms with Gasteiger partial charge in [0, 0.05) is 17.8 Å². The average molecular weight is 508 g/mol. The van der Waals surface area contributed by atoms with Crippen molar-refractivity contribution in [2.24, 2.45) is 5.92 Å². The van der Waals surface area contributed by atoms with E-state index in [0.29, 0.717) is 28.8 Å². The molecule has 1 aromatic heterocycles. The van der Waals surface area contributed by atoms with E-state index < -0.39 is 12.0 Å². The van der Waals surface area contributed by atoms with Crippen molar-refractivity contribution in [2.45, 2.75) is 38.5 Å². The number of carbonyl (C=O) groups is 3. The Morgan fingerprint density at radius 3 is 2.44 bits per heavy atom. The first-order valence-corrected chi connectivity index (χ1v) is 12.4. The van der Waals surface area contributed by atoms with Crippen LogP contribution in [0.5, 0.6) is 0 Å². The fraction of sp³-hybridized carbons (Fsp3) is 0.269. The molecule has 0 fully saturated rings. The Morgan fingerprint density at radius 2 is 1.83 bits per heavy atom. The van der Waals surface area contributed by atoms with Gasteiger partial charge in [-0.1, -0.05) is 49.4 Å². The molecule has 3 N–H and O–H groups in total. The standard InChI is InChI=1S/C26H29N5O4S/c1-5-13-31-23(22(16(2)3)28-24(33)19-8-6-7-17(4)14-19)29-30-26(31)36-15-21(32)27-20-11-9-18(10-12-20)25(34)35/h5-12,14,16,22H,1,13,15H2,2-4H3,(H,27,32)(H,28,33)(H,34,35)/t22-/m1/s1. The van der Waals surface area contributed by atoms with E-state index >= 15 is 0 Å². The van der Waals surface area contributed by atoms with Crippen molar-refractivity contribution in [3.05, 3.63) is 83.7 Å². The fourth-order valence-corrected chi connectivity index (χ4v) is 4.26. The molecule has 188 valence electrons. The number of aryl methyl sites for hydroxylation is 1. The van der Waals surface area contributed by atoms with Gasteiger partial charge in [0.05, 0.1) is 17.4 Å². The van der Waals surface area contributed by atoms with Crippen LogP contribution in [-0.2, 0) is 11.3 Å². The molecule has 1 heterocycles. The number of rotatable bonds is 11. The minimum Gasteiger partial charge on any atom is -0.478 e. The van der Waals surface area contributed by atoms with Crippen molar-refractivity contribution >= 4 is 35.2 Å². The largest absolute Gasteiger partial charge is 0.478 e. The van der Waals surface area contributed by atoms with Gasteiger partial charge in [-0.25, -0.2) is 4.79 Å². The molecule has 0 aliphatic heterocycles. The fourth-order valence-electron chi connectivity index (χ4n) is 3.50. The van der Waals surface area contributed by atoms with Crippen molar-refractivity contribution in [3.8, 4) is 0 Å². The van der Waals surface area contributed by atoms with E-state index in [9.17, 15) is 14.4 Å². The summed E-state index contributed by atoms with van der Waals surface area (Å²) in [5, 5.41) is 24.0. The number of carboxylic acids is 1. The number of hydrogen-bond acceptors (Lipinski definition) is 6. The lowest BCUT2D eigenvalue weighted by molar-refractivity contribution is -0.113. The van der Waals surface area contributed by atoms with Crippen LogP contribution in [0.3, 0.4) is 0 Å². The highest BCUT2D eigenvalue weighted by molar-refractivity contribution is 7.99. The first kappa shape index (κ1) is 26.7. The molecule has 0 unspecified atom stereocenters. The van der Waals surface area contributed by atoms with Gasteiger partial charge in [0.1, 0.15) is 0 Å². The minimum atomic E-state index is -1.03. The third-order valence-corrected chi connectivity index (χ3v) is 6.28. The van der Waals surface area contributed by atoms with Crippen LogP contribution in [0.4, 0.5) is 5.69 Å². The highest BCUT2D eigenvalue weighted by Gasteiger charge is 2.26. The summed E-state index contributed by atoms with van der Waals surface area (Å²) < 4.78 is 1.84. The van der Waals surface area contributed by atoms with E-state index in [2.05, 4.69) is 27.4 Å². The second-order valence-electron chi connectivity index (χ2n) is 8.52. The number of amides is 2. The number of allylic oxidation sites excluding steroid dienone is 1. The molecule has 36 heavy (non-hydrogen) atoms. The molecule has 2 aromatic carbocycles. The highest BCUT2D eigenvalue weighted by Crippen LogP contribution is 2.26. The first-order valence-electron chi connectivity index (χ1n) is 11.4. The van der Waals surface area contributed by atoms with Gasteiger partial charge in [-0.05, 0) is 49.2 Å². The van der Waals surface area contributed by atoms with Crippen molar-refractivity contribution in [2.75, 3.05) is 11.1 Å². The van der Waals surface area contributed by atoms with Gasteiger partial charge in [-0.2, -0.15) is 0 Å². The Kier molecular flexibility index (Phi) is 9.02. The number of aromatic carboxylic acids is 1. The third kappa shape index (κ3) is 6.82. The Labute approximate surface area is 214 Å². The molecule has 3 rings (SSSR count).